The summed E-state index contributed by atoms with van der Waals surface area (Å²) in [4.78, 5) is 12.9. The number of amides is 1. The summed E-state index contributed by atoms with van der Waals surface area (Å²) >= 11 is 0. The Morgan fingerprint density at radius 1 is 0.642 bits per heavy atom. The summed E-state index contributed by atoms with van der Waals surface area (Å²) in [6, 6.07) is -0.717. The van der Waals surface area contributed by atoms with E-state index < -0.39 is 49.5 Å². The van der Waals surface area contributed by atoms with E-state index in [2.05, 4.69) is 43.5 Å². The molecule has 0 aromatic heterocycles. The van der Waals surface area contributed by atoms with E-state index in [4.69, 9.17) is 9.47 Å². The number of rotatable bonds is 36. The Hall–Kier alpha value is -1.33. The van der Waals surface area contributed by atoms with Crippen LogP contribution in [0.5, 0.6) is 0 Å². The van der Waals surface area contributed by atoms with Gasteiger partial charge in [0.15, 0.2) is 6.29 Å². The predicted octanol–water partition coefficient (Wildman–Crippen LogP) is 8.72. The van der Waals surface area contributed by atoms with Crippen molar-refractivity contribution in [3.8, 4) is 0 Å². The highest BCUT2D eigenvalue weighted by molar-refractivity contribution is 5.76. The van der Waals surface area contributed by atoms with E-state index in [-0.39, 0.29) is 12.5 Å². The highest BCUT2D eigenvalue weighted by Gasteiger charge is 2.44. The van der Waals surface area contributed by atoms with Gasteiger partial charge in [-0.1, -0.05) is 167 Å². The van der Waals surface area contributed by atoms with Gasteiger partial charge in [-0.25, -0.2) is 0 Å². The van der Waals surface area contributed by atoms with Crippen LogP contribution in [0, 0.1) is 0 Å². The topological polar surface area (TPSA) is 149 Å². The molecule has 0 aliphatic carbocycles. The predicted molar refractivity (Wildman–Crippen MR) is 217 cm³/mol. The van der Waals surface area contributed by atoms with E-state index in [1.165, 1.54) is 122 Å². The van der Waals surface area contributed by atoms with Crippen LogP contribution in [-0.2, 0) is 14.3 Å². The SMILES string of the molecule is CCCCCCC/C=C\C/C=C\CCCCCCCCCCCC(=O)NC(COC1OC(CO)C(O)C(O)C1O)C(O)CCCCCCCCCCC. The molecule has 1 aliphatic heterocycles. The number of unbranched alkanes of at least 4 members (excludes halogenated alkanes) is 22. The normalized spacial score (nSPS) is 21.8. The molecular formula is C44H83NO8. The number of allylic oxidation sites excluding steroid dienone is 4. The van der Waals surface area contributed by atoms with E-state index in [1.807, 2.05) is 0 Å². The molecule has 1 rings (SSSR count). The lowest BCUT2D eigenvalue weighted by Crippen LogP contribution is -2.60. The summed E-state index contributed by atoms with van der Waals surface area (Å²) in [5, 5.41) is 54.1. The molecule has 312 valence electrons. The Morgan fingerprint density at radius 2 is 1.11 bits per heavy atom. The fraction of sp³-hybridized carbons (Fsp3) is 0.886. The summed E-state index contributed by atoms with van der Waals surface area (Å²) < 4.78 is 11.2. The lowest BCUT2D eigenvalue weighted by Gasteiger charge is -2.40. The number of carbonyl (C=O) groups is 1. The fourth-order valence-corrected chi connectivity index (χ4v) is 6.95. The molecule has 7 unspecified atom stereocenters. The second kappa shape index (κ2) is 35.1. The molecule has 0 radical (unpaired) electrons. The Balaban J connectivity index is 2.27. The summed E-state index contributed by atoms with van der Waals surface area (Å²) in [6.07, 6.45) is 33.3. The molecule has 6 N–H and O–H groups in total. The zero-order chi connectivity index (χ0) is 38.8. The van der Waals surface area contributed by atoms with Gasteiger partial charge < -0.3 is 40.3 Å². The third-order valence-electron chi connectivity index (χ3n) is 10.6. The maximum atomic E-state index is 12.9. The number of nitrogens with one attached hydrogen (secondary N) is 1. The Morgan fingerprint density at radius 3 is 1.62 bits per heavy atom. The van der Waals surface area contributed by atoms with Crippen molar-refractivity contribution < 1.29 is 39.8 Å². The largest absolute Gasteiger partial charge is 0.394 e. The van der Waals surface area contributed by atoms with Crippen LogP contribution in [0.25, 0.3) is 0 Å². The number of carbonyl (C=O) groups excluding carboxylic acids is 1. The van der Waals surface area contributed by atoms with Gasteiger partial charge in [-0.15, -0.1) is 0 Å². The highest BCUT2D eigenvalue weighted by atomic mass is 16.7. The smallest absolute Gasteiger partial charge is 0.220 e. The lowest BCUT2D eigenvalue weighted by atomic mass is 9.99. The minimum absolute atomic E-state index is 0.139. The van der Waals surface area contributed by atoms with Crippen LogP contribution in [0.2, 0.25) is 0 Å². The van der Waals surface area contributed by atoms with Crippen LogP contribution in [0.15, 0.2) is 24.3 Å². The van der Waals surface area contributed by atoms with Crippen LogP contribution < -0.4 is 5.32 Å². The molecule has 0 saturated carbocycles. The van der Waals surface area contributed by atoms with Gasteiger partial charge in [-0.2, -0.15) is 0 Å². The zero-order valence-electron chi connectivity index (χ0n) is 34.0. The lowest BCUT2D eigenvalue weighted by molar-refractivity contribution is -0.302. The molecule has 9 heteroatoms. The maximum absolute atomic E-state index is 12.9. The van der Waals surface area contributed by atoms with Crippen LogP contribution >= 0.6 is 0 Å². The Labute approximate surface area is 324 Å². The average Bonchev–Trinajstić information content (AvgIpc) is 3.16. The number of hydrogen-bond acceptors (Lipinski definition) is 8. The standard InChI is InChI=1S/C44H83NO8/c1-3-5-7-9-11-13-14-15-16-17-18-19-20-21-22-23-24-26-28-30-32-34-40(48)45-37(38(47)33-31-29-27-25-12-10-8-6-4-2)36-52-44-43(51)42(50)41(49)39(35-46)53-44/h14-15,17-18,37-39,41-44,46-47,49-51H,3-13,16,19-36H2,1-2H3,(H,45,48)/b15-14-,18-17-. The summed E-state index contributed by atoms with van der Waals surface area (Å²) in [7, 11) is 0. The van der Waals surface area contributed by atoms with Crippen LogP contribution in [-0.4, -0.2) is 87.5 Å². The molecule has 7 atom stereocenters. The minimum Gasteiger partial charge on any atom is -0.394 e. The maximum Gasteiger partial charge on any atom is 0.220 e. The van der Waals surface area contributed by atoms with Gasteiger partial charge in [-0.05, 0) is 44.9 Å². The van der Waals surface area contributed by atoms with Crippen molar-refractivity contribution >= 4 is 5.91 Å². The molecule has 9 nitrogen and oxygen atoms in total. The van der Waals surface area contributed by atoms with Crippen molar-refractivity contribution in [2.24, 2.45) is 0 Å². The minimum atomic E-state index is -1.55. The first-order valence-electron chi connectivity index (χ1n) is 22.0. The fourth-order valence-electron chi connectivity index (χ4n) is 6.95. The molecule has 0 aromatic rings. The average molecular weight is 754 g/mol. The molecule has 1 heterocycles. The van der Waals surface area contributed by atoms with Gasteiger partial charge in [0.2, 0.25) is 5.91 Å². The van der Waals surface area contributed by atoms with Crippen molar-refractivity contribution in [3.63, 3.8) is 0 Å². The number of hydrogen-bond donors (Lipinski definition) is 6. The number of ether oxygens (including phenoxy) is 2. The summed E-state index contributed by atoms with van der Waals surface area (Å²) in [5.41, 5.74) is 0. The van der Waals surface area contributed by atoms with Gasteiger partial charge in [-0.3, -0.25) is 4.79 Å². The molecule has 1 aliphatic rings. The third kappa shape index (κ3) is 26.2. The molecule has 1 saturated heterocycles. The van der Waals surface area contributed by atoms with Gasteiger partial charge in [0.1, 0.15) is 24.4 Å². The molecule has 0 aromatic carbocycles. The first-order chi connectivity index (χ1) is 25.8. The van der Waals surface area contributed by atoms with Gasteiger partial charge in [0.05, 0.1) is 25.4 Å². The van der Waals surface area contributed by atoms with E-state index in [1.54, 1.807) is 0 Å². The first kappa shape index (κ1) is 49.7. The van der Waals surface area contributed by atoms with Crippen molar-refractivity contribution in [1.82, 2.24) is 5.32 Å². The molecule has 53 heavy (non-hydrogen) atoms. The third-order valence-corrected chi connectivity index (χ3v) is 10.6. The van der Waals surface area contributed by atoms with Gasteiger partial charge >= 0.3 is 0 Å². The van der Waals surface area contributed by atoms with Crippen LogP contribution in [0.3, 0.4) is 0 Å². The van der Waals surface area contributed by atoms with Crippen LogP contribution in [0.1, 0.15) is 194 Å². The van der Waals surface area contributed by atoms with Crippen molar-refractivity contribution in [1.29, 1.82) is 0 Å². The monoisotopic (exact) mass is 754 g/mol. The molecule has 1 amide bonds. The van der Waals surface area contributed by atoms with Gasteiger partial charge in [0.25, 0.3) is 0 Å². The number of aliphatic hydroxyl groups is 5. The van der Waals surface area contributed by atoms with Crippen LogP contribution in [0.4, 0.5) is 0 Å². The number of aliphatic hydroxyl groups excluding tert-OH is 5. The molecular weight excluding hydrogens is 670 g/mol. The zero-order valence-corrected chi connectivity index (χ0v) is 34.0. The first-order valence-corrected chi connectivity index (χ1v) is 22.0. The second-order valence-electron chi connectivity index (χ2n) is 15.5. The summed E-state index contributed by atoms with van der Waals surface area (Å²) in [6.45, 7) is 3.79. The molecule has 0 spiro atoms. The van der Waals surface area contributed by atoms with Crippen molar-refractivity contribution in [3.05, 3.63) is 24.3 Å². The summed E-state index contributed by atoms with van der Waals surface area (Å²) in [5.74, 6) is -0.151. The molecule has 0 bridgehead atoms. The van der Waals surface area contributed by atoms with E-state index in [0.29, 0.717) is 12.8 Å². The van der Waals surface area contributed by atoms with E-state index in [9.17, 15) is 30.3 Å². The van der Waals surface area contributed by atoms with Gasteiger partial charge in [0, 0.05) is 6.42 Å². The Kier molecular flexibility index (Phi) is 32.9. The van der Waals surface area contributed by atoms with Crippen molar-refractivity contribution in [2.75, 3.05) is 13.2 Å². The Bertz CT molecular complexity index is 883. The highest BCUT2D eigenvalue weighted by Crippen LogP contribution is 2.23. The second-order valence-corrected chi connectivity index (χ2v) is 15.5. The molecule has 1 fully saturated rings. The van der Waals surface area contributed by atoms with Crippen molar-refractivity contribution in [2.45, 2.75) is 236 Å². The van der Waals surface area contributed by atoms with E-state index in [0.717, 1.165) is 44.9 Å². The quantitative estimate of drug-likeness (QED) is 0.0275. The van der Waals surface area contributed by atoms with E-state index >= 15 is 0 Å².